The summed E-state index contributed by atoms with van der Waals surface area (Å²) in [7, 11) is 0. The third-order valence-corrected chi connectivity index (χ3v) is 3.89. The monoisotopic (exact) mass is 345 g/mol. The van der Waals surface area contributed by atoms with E-state index in [2.05, 4.69) is 0 Å². The maximum Gasteiger partial charge on any atom is 0.303 e. The van der Waals surface area contributed by atoms with Gasteiger partial charge in [0.1, 0.15) is 12.1 Å². The second-order valence-corrected chi connectivity index (χ2v) is 5.71. The molecule has 2 aliphatic heterocycles. The third-order valence-electron chi connectivity index (χ3n) is 3.89. The standard InChI is InChI=1S/C14H19NO9/c1-5(16)22-8-4-15-9(12(8)23-6(2)17)13(24-7(3)18)10(19)11(20)14(15)21/h8-13,19-20H,4H2,1-3H3/t8-,9?,10-,11+,12-,13+/m1/s1. The van der Waals surface area contributed by atoms with Gasteiger partial charge in [0, 0.05) is 20.8 Å². The second-order valence-electron chi connectivity index (χ2n) is 5.71. The van der Waals surface area contributed by atoms with Crippen molar-refractivity contribution < 1.29 is 43.6 Å². The number of carbonyl (C=O) groups excluding carboxylic acids is 4. The van der Waals surface area contributed by atoms with E-state index in [1.54, 1.807) is 0 Å². The smallest absolute Gasteiger partial charge is 0.303 e. The zero-order valence-corrected chi connectivity index (χ0v) is 13.4. The first-order valence-electron chi connectivity index (χ1n) is 7.31. The van der Waals surface area contributed by atoms with E-state index >= 15 is 0 Å². The predicted octanol–water partition coefficient (Wildman–Crippen LogP) is -2.27. The average molecular weight is 345 g/mol. The van der Waals surface area contributed by atoms with Gasteiger partial charge in [-0.2, -0.15) is 0 Å². The Hall–Kier alpha value is -2.20. The summed E-state index contributed by atoms with van der Waals surface area (Å²) in [5, 5.41) is 20.0. The van der Waals surface area contributed by atoms with Crippen molar-refractivity contribution in [3.63, 3.8) is 0 Å². The van der Waals surface area contributed by atoms with Crippen LogP contribution < -0.4 is 0 Å². The topological polar surface area (TPSA) is 140 Å². The molecule has 6 atom stereocenters. The summed E-state index contributed by atoms with van der Waals surface area (Å²) in [6, 6.07) is -1.08. The summed E-state index contributed by atoms with van der Waals surface area (Å²) in [5.41, 5.74) is 0. The van der Waals surface area contributed by atoms with E-state index in [4.69, 9.17) is 14.2 Å². The molecule has 1 amide bonds. The lowest BCUT2D eigenvalue weighted by Gasteiger charge is -2.42. The summed E-state index contributed by atoms with van der Waals surface area (Å²) in [4.78, 5) is 47.2. The number of ether oxygens (including phenoxy) is 3. The summed E-state index contributed by atoms with van der Waals surface area (Å²) >= 11 is 0. The number of fused-ring (bicyclic) bond motifs is 1. The van der Waals surface area contributed by atoms with Crippen LogP contribution in [-0.4, -0.2) is 82.0 Å². The highest BCUT2D eigenvalue weighted by atomic mass is 16.6. The average Bonchev–Trinajstić information content (AvgIpc) is 2.78. The number of aliphatic hydroxyl groups is 2. The van der Waals surface area contributed by atoms with Crippen LogP contribution in [0, 0.1) is 0 Å². The van der Waals surface area contributed by atoms with Crippen LogP contribution >= 0.6 is 0 Å². The van der Waals surface area contributed by atoms with E-state index in [1.807, 2.05) is 0 Å². The lowest BCUT2D eigenvalue weighted by molar-refractivity contribution is -0.194. The van der Waals surface area contributed by atoms with Crippen LogP contribution in [-0.2, 0) is 33.4 Å². The predicted molar refractivity (Wildman–Crippen MR) is 74.2 cm³/mol. The molecule has 2 N–H and O–H groups in total. The van der Waals surface area contributed by atoms with Crippen molar-refractivity contribution >= 4 is 23.8 Å². The third kappa shape index (κ3) is 3.34. The summed E-state index contributed by atoms with van der Waals surface area (Å²) in [5.74, 6) is -2.94. The molecule has 0 aromatic rings. The number of amides is 1. The van der Waals surface area contributed by atoms with Crippen LogP contribution in [0.4, 0.5) is 0 Å². The summed E-state index contributed by atoms with van der Waals surface area (Å²) in [6.45, 7) is 3.21. The summed E-state index contributed by atoms with van der Waals surface area (Å²) in [6.07, 6.45) is -6.98. The Morgan fingerprint density at radius 3 is 1.96 bits per heavy atom. The molecule has 2 fully saturated rings. The molecule has 0 aliphatic carbocycles. The first-order chi connectivity index (χ1) is 11.1. The van der Waals surface area contributed by atoms with Gasteiger partial charge in [0.15, 0.2) is 24.4 Å². The molecule has 0 aromatic carbocycles. The molecule has 134 valence electrons. The molecule has 10 nitrogen and oxygen atoms in total. The lowest BCUT2D eigenvalue weighted by Crippen LogP contribution is -2.65. The normalized spacial score (nSPS) is 35.2. The van der Waals surface area contributed by atoms with E-state index < -0.39 is 60.4 Å². The highest BCUT2D eigenvalue weighted by Crippen LogP contribution is 2.34. The molecule has 0 radical (unpaired) electrons. The van der Waals surface area contributed by atoms with Gasteiger partial charge in [-0.25, -0.2) is 0 Å². The van der Waals surface area contributed by atoms with Crippen LogP contribution in [0.1, 0.15) is 20.8 Å². The van der Waals surface area contributed by atoms with E-state index in [-0.39, 0.29) is 6.54 Å². The zero-order valence-electron chi connectivity index (χ0n) is 13.4. The molecule has 2 rings (SSSR count). The fraction of sp³-hybridized carbons (Fsp3) is 0.714. The van der Waals surface area contributed by atoms with Crippen LogP contribution in [0.2, 0.25) is 0 Å². The number of hydrogen-bond donors (Lipinski definition) is 2. The minimum atomic E-state index is -1.81. The Bertz CT molecular complexity index is 562. The van der Waals surface area contributed by atoms with Crippen molar-refractivity contribution in [2.24, 2.45) is 0 Å². The van der Waals surface area contributed by atoms with Gasteiger partial charge in [-0.15, -0.1) is 0 Å². The van der Waals surface area contributed by atoms with Crippen molar-refractivity contribution in [3.05, 3.63) is 0 Å². The van der Waals surface area contributed by atoms with E-state index in [0.29, 0.717) is 0 Å². The van der Waals surface area contributed by atoms with E-state index in [0.717, 1.165) is 25.7 Å². The molecule has 0 aromatic heterocycles. The van der Waals surface area contributed by atoms with Gasteiger partial charge in [0.2, 0.25) is 0 Å². The van der Waals surface area contributed by atoms with Crippen LogP contribution in [0.5, 0.6) is 0 Å². The van der Waals surface area contributed by atoms with Crippen LogP contribution in [0.25, 0.3) is 0 Å². The van der Waals surface area contributed by atoms with Crippen molar-refractivity contribution in [2.45, 2.75) is 57.3 Å². The van der Waals surface area contributed by atoms with Crippen molar-refractivity contribution in [1.29, 1.82) is 0 Å². The number of hydrogen-bond acceptors (Lipinski definition) is 9. The fourth-order valence-corrected chi connectivity index (χ4v) is 3.10. The molecule has 1 unspecified atom stereocenters. The number of piperidine rings is 1. The molecule has 2 saturated heterocycles. The SMILES string of the molecule is CC(=O)O[C@@H]1CN2C(=O)[C@@H](O)[C@@H](O)[C@@H](OC(C)=O)C2[C@@H]1OC(C)=O. The van der Waals surface area contributed by atoms with E-state index in [1.165, 1.54) is 0 Å². The van der Waals surface area contributed by atoms with Crippen molar-refractivity contribution in [1.82, 2.24) is 4.90 Å². The summed E-state index contributed by atoms with van der Waals surface area (Å²) < 4.78 is 15.2. The van der Waals surface area contributed by atoms with Gasteiger partial charge >= 0.3 is 17.9 Å². The Morgan fingerprint density at radius 1 is 0.958 bits per heavy atom. The molecular formula is C14H19NO9. The van der Waals surface area contributed by atoms with Gasteiger partial charge in [0.05, 0.1) is 6.54 Å². The minimum absolute atomic E-state index is 0.164. The molecule has 0 saturated carbocycles. The lowest BCUT2D eigenvalue weighted by atomic mass is 9.91. The maximum atomic E-state index is 12.2. The quantitative estimate of drug-likeness (QED) is 0.428. The Balaban J connectivity index is 2.40. The molecule has 0 bridgehead atoms. The highest BCUT2D eigenvalue weighted by molar-refractivity contribution is 5.84. The van der Waals surface area contributed by atoms with Crippen LogP contribution in [0.3, 0.4) is 0 Å². The Morgan fingerprint density at radius 2 is 1.46 bits per heavy atom. The molecule has 2 heterocycles. The number of esters is 3. The zero-order chi connectivity index (χ0) is 18.2. The first-order valence-corrected chi connectivity index (χ1v) is 7.31. The van der Waals surface area contributed by atoms with Gasteiger partial charge in [-0.3, -0.25) is 19.2 Å². The fourth-order valence-electron chi connectivity index (χ4n) is 3.10. The Kier molecular flexibility index (Phi) is 5.09. The number of aliphatic hydroxyl groups excluding tert-OH is 2. The molecular weight excluding hydrogens is 326 g/mol. The second kappa shape index (κ2) is 6.73. The molecule has 24 heavy (non-hydrogen) atoms. The largest absolute Gasteiger partial charge is 0.457 e. The number of carbonyl (C=O) groups is 4. The van der Waals surface area contributed by atoms with Crippen LogP contribution in [0.15, 0.2) is 0 Å². The van der Waals surface area contributed by atoms with Gasteiger partial charge < -0.3 is 29.3 Å². The van der Waals surface area contributed by atoms with E-state index in [9.17, 15) is 29.4 Å². The number of nitrogens with zero attached hydrogens (tertiary/aromatic N) is 1. The molecule has 0 spiro atoms. The minimum Gasteiger partial charge on any atom is -0.457 e. The highest BCUT2D eigenvalue weighted by Gasteiger charge is 2.60. The number of rotatable bonds is 3. The van der Waals surface area contributed by atoms with Gasteiger partial charge in [-0.05, 0) is 0 Å². The van der Waals surface area contributed by atoms with Gasteiger partial charge in [0.25, 0.3) is 5.91 Å². The van der Waals surface area contributed by atoms with Gasteiger partial charge in [-0.1, -0.05) is 0 Å². The van der Waals surface area contributed by atoms with Crippen molar-refractivity contribution in [2.75, 3.05) is 6.54 Å². The molecule has 10 heteroatoms. The Labute approximate surface area is 137 Å². The molecule has 2 aliphatic rings. The van der Waals surface area contributed by atoms with Crippen molar-refractivity contribution in [3.8, 4) is 0 Å². The maximum absolute atomic E-state index is 12.2. The first kappa shape index (κ1) is 18.1.